The van der Waals surface area contributed by atoms with E-state index in [2.05, 4.69) is 0 Å². The Bertz CT molecular complexity index is 1190. The van der Waals surface area contributed by atoms with Crippen molar-refractivity contribution < 1.29 is 44.5 Å². The van der Waals surface area contributed by atoms with Crippen LogP contribution in [0.5, 0.6) is 5.75 Å². The molecule has 3 aromatic rings. The molecule has 3 aliphatic rings. The van der Waals surface area contributed by atoms with Crippen molar-refractivity contribution in [2.45, 2.75) is 31.9 Å². The van der Waals surface area contributed by atoms with Crippen LogP contribution < -0.4 is 26.6 Å². The van der Waals surface area contributed by atoms with Gasteiger partial charge in [-0.1, -0.05) is 42.5 Å². The first-order chi connectivity index (χ1) is 18.0. The number of carbonyl (C=O) groups excluding carboxylic acids is 1. The predicted octanol–water partition coefficient (Wildman–Crippen LogP) is 3.19. The number of carbonyl (C=O) groups is 1. The molecule has 0 unspecified atom stereocenters. The first-order valence-corrected chi connectivity index (χ1v) is 13.0. The average Bonchev–Trinajstić information content (AvgIpc) is 2.92. The number of fused-ring (bicyclic) bond motifs is 3. The molecule has 0 aromatic heterocycles. The number of hydrogen-bond acceptors (Lipinski definition) is 3. The Morgan fingerprint density at radius 1 is 0.921 bits per heavy atom. The fraction of sp³-hybridized carbons (Fsp3) is 0.367. The highest BCUT2D eigenvalue weighted by atomic mass is 79.9. The fourth-order valence-corrected chi connectivity index (χ4v) is 5.66. The van der Waals surface area contributed by atoms with Crippen molar-refractivity contribution in [3.63, 3.8) is 0 Å². The van der Waals surface area contributed by atoms with Crippen LogP contribution in [0.25, 0.3) is 0 Å². The van der Waals surface area contributed by atoms with E-state index in [0.29, 0.717) is 18.1 Å². The van der Waals surface area contributed by atoms with Gasteiger partial charge in [0.15, 0.2) is 6.10 Å². The van der Waals surface area contributed by atoms with Crippen LogP contribution in [0.2, 0.25) is 0 Å². The van der Waals surface area contributed by atoms with Crippen molar-refractivity contribution in [3.05, 3.63) is 96.1 Å². The highest BCUT2D eigenvalue weighted by Gasteiger charge is 2.47. The number of amides is 1. The summed E-state index contributed by atoms with van der Waals surface area (Å²) in [4.78, 5) is 14.8. The lowest BCUT2D eigenvalue weighted by Gasteiger charge is -2.52. The smallest absolute Gasteiger partial charge is 0.415 e. The quantitative estimate of drug-likeness (QED) is 0.285. The van der Waals surface area contributed by atoms with Gasteiger partial charge in [-0.3, -0.25) is 4.90 Å². The minimum absolute atomic E-state index is 0. The third-order valence-electron chi connectivity index (χ3n) is 7.70. The second-order valence-corrected chi connectivity index (χ2v) is 10.1. The van der Waals surface area contributed by atoms with E-state index in [4.69, 9.17) is 9.47 Å². The van der Waals surface area contributed by atoms with Gasteiger partial charge < -0.3 is 30.9 Å². The summed E-state index contributed by atoms with van der Waals surface area (Å²) in [6.07, 6.45) is 2.16. The van der Waals surface area contributed by atoms with Crippen LogP contribution in [0, 0.1) is 17.6 Å². The number of hydrogen-bond donors (Lipinski definition) is 0. The summed E-state index contributed by atoms with van der Waals surface area (Å²) in [7, 11) is 0. The number of piperidine rings is 3. The molecular formula is C30H33BrF2N2O3. The molecule has 0 aliphatic carbocycles. The van der Waals surface area contributed by atoms with E-state index >= 15 is 0 Å². The van der Waals surface area contributed by atoms with E-state index in [0.717, 1.165) is 55.7 Å². The summed E-state index contributed by atoms with van der Waals surface area (Å²) in [6, 6.07) is 21.9. The van der Waals surface area contributed by atoms with Crippen LogP contribution in [-0.2, 0) is 11.3 Å². The Hall–Kier alpha value is -2.97. The third kappa shape index (κ3) is 6.72. The lowest BCUT2D eigenvalue weighted by Crippen LogP contribution is -3.00. The summed E-state index contributed by atoms with van der Waals surface area (Å²) < 4.78 is 41.1. The molecule has 3 aliphatic heterocycles. The van der Waals surface area contributed by atoms with Gasteiger partial charge in [-0.25, -0.2) is 13.6 Å². The van der Waals surface area contributed by atoms with Crippen molar-refractivity contribution in [3.8, 4) is 5.75 Å². The monoisotopic (exact) mass is 586 g/mol. The van der Waals surface area contributed by atoms with E-state index in [1.807, 2.05) is 30.3 Å². The molecule has 1 amide bonds. The number of anilines is 1. The maximum absolute atomic E-state index is 14.7. The lowest BCUT2D eigenvalue weighted by atomic mass is 9.83. The maximum Gasteiger partial charge on any atom is 0.415 e. The summed E-state index contributed by atoms with van der Waals surface area (Å²) in [5.74, 6) is 0.329. The van der Waals surface area contributed by atoms with Crippen LogP contribution in [0.1, 0.15) is 24.8 Å². The van der Waals surface area contributed by atoms with Gasteiger partial charge in [0.2, 0.25) is 0 Å². The average molecular weight is 588 g/mol. The number of benzene rings is 3. The first kappa shape index (κ1) is 28.0. The molecule has 0 radical (unpaired) electrons. The molecule has 202 valence electrons. The Morgan fingerprint density at radius 2 is 1.61 bits per heavy atom. The molecule has 3 saturated heterocycles. The van der Waals surface area contributed by atoms with Crippen molar-refractivity contribution in [1.82, 2.24) is 0 Å². The van der Waals surface area contributed by atoms with E-state index in [1.54, 1.807) is 30.3 Å². The SMILES string of the molecule is O=C(O[C@H]1C[N+]2(CCCOc3ccccc3)CCC1CC2)N(Cc1ccc(F)cc1)c1ccccc1F.[Br-]. The highest BCUT2D eigenvalue weighted by Crippen LogP contribution is 2.36. The number of nitrogens with zero attached hydrogens (tertiary/aromatic N) is 2. The largest absolute Gasteiger partial charge is 1.00 e. The van der Waals surface area contributed by atoms with E-state index < -0.39 is 11.9 Å². The van der Waals surface area contributed by atoms with Crippen molar-refractivity contribution in [2.75, 3.05) is 37.7 Å². The molecule has 3 heterocycles. The van der Waals surface area contributed by atoms with Crippen molar-refractivity contribution in [2.24, 2.45) is 5.92 Å². The second-order valence-electron chi connectivity index (χ2n) is 10.1. The minimum atomic E-state index is -0.571. The van der Waals surface area contributed by atoms with Crippen LogP contribution in [0.4, 0.5) is 19.3 Å². The van der Waals surface area contributed by atoms with Crippen LogP contribution in [-0.4, -0.2) is 49.5 Å². The lowest BCUT2D eigenvalue weighted by molar-refractivity contribution is -0.946. The second kappa shape index (κ2) is 12.7. The molecule has 8 heteroatoms. The van der Waals surface area contributed by atoms with Crippen molar-refractivity contribution >= 4 is 11.8 Å². The number of halogens is 3. The number of ether oxygens (including phenoxy) is 2. The normalized spacial score (nSPS) is 21.8. The molecule has 0 spiro atoms. The fourth-order valence-electron chi connectivity index (χ4n) is 5.66. The topological polar surface area (TPSA) is 38.8 Å². The molecule has 0 N–H and O–H groups in total. The zero-order valence-electron chi connectivity index (χ0n) is 21.3. The summed E-state index contributed by atoms with van der Waals surface area (Å²) in [5, 5.41) is 0. The molecule has 38 heavy (non-hydrogen) atoms. The summed E-state index contributed by atoms with van der Waals surface area (Å²) in [5.41, 5.74) is 0.845. The molecule has 6 rings (SSSR count). The molecule has 2 bridgehead atoms. The van der Waals surface area contributed by atoms with Crippen LogP contribution in [0.15, 0.2) is 78.9 Å². The van der Waals surface area contributed by atoms with Gasteiger partial charge in [-0.2, -0.15) is 0 Å². The molecular weight excluding hydrogens is 554 g/mol. The van der Waals surface area contributed by atoms with Crippen LogP contribution >= 0.6 is 0 Å². The molecule has 5 nitrogen and oxygen atoms in total. The summed E-state index contributed by atoms with van der Waals surface area (Å²) in [6.45, 7) is 4.64. The van der Waals surface area contributed by atoms with Crippen molar-refractivity contribution in [1.29, 1.82) is 0 Å². The van der Waals surface area contributed by atoms with E-state index in [1.165, 1.54) is 23.1 Å². The first-order valence-electron chi connectivity index (χ1n) is 13.0. The van der Waals surface area contributed by atoms with Gasteiger partial charge in [0.25, 0.3) is 0 Å². The summed E-state index contributed by atoms with van der Waals surface area (Å²) >= 11 is 0. The number of para-hydroxylation sites is 2. The van der Waals surface area contributed by atoms with Gasteiger partial charge in [0, 0.05) is 25.2 Å². The zero-order valence-corrected chi connectivity index (χ0v) is 22.9. The number of quaternary nitrogens is 1. The van der Waals surface area contributed by atoms with Gasteiger partial charge in [0.1, 0.15) is 23.9 Å². The van der Waals surface area contributed by atoms with Gasteiger partial charge >= 0.3 is 6.09 Å². The molecule has 3 aromatic carbocycles. The standard InChI is InChI=1S/C30H33F2N2O3.BrH/c31-25-13-11-23(12-14-25)21-33(28-10-5-4-9-27(28)32)30(35)37-29-22-34(18-15-24(29)16-19-34)17-6-20-36-26-7-2-1-3-8-26;/h1-5,7-14,24,29H,6,15-22H2;1H/q+1;/p-1/t24?,29-,34?;/m0./s1. The maximum atomic E-state index is 14.7. The predicted molar refractivity (Wildman–Crippen MR) is 138 cm³/mol. The zero-order chi connectivity index (χ0) is 25.7. The molecule has 3 fully saturated rings. The Labute approximate surface area is 233 Å². The van der Waals surface area contributed by atoms with E-state index in [-0.39, 0.29) is 41.1 Å². The number of rotatable bonds is 9. The van der Waals surface area contributed by atoms with Crippen LogP contribution in [0.3, 0.4) is 0 Å². The van der Waals surface area contributed by atoms with Gasteiger partial charge in [-0.05, 0) is 42.0 Å². The van der Waals surface area contributed by atoms with Gasteiger partial charge in [-0.15, -0.1) is 0 Å². The Kier molecular flexibility index (Phi) is 9.39. The van der Waals surface area contributed by atoms with E-state index in [9.17, 15) is 13.6 Å². The molecule has 0 saturated carbocycles. The van der Waals surface area contributed by atoms with Gasteiger partial charge in [0.05, 0.1) is 38.5 Å². The Balaban J connectivity index is 0.00000336. The third-order valence-corrected chi connectivity index (χ3v) is 7.70. The Morgan fingerprint density at radius 3 is 2.32 bits per heavy atom. The molecule has 1 atom stereocenters. The highest BCUT2D eigenvalue weighted by molar-refractivity contribution is 5.87. The minimum Gasteiger partial charge on any atom is -1.00 e.